The summed E-state index contributed by atoms with van der Waals surface area (Å²) in [5, 5.41) is 3.65. The van der Waals surface area contributed by atoms with Gasteiger partial charge in [-0.1, -0.05) is 45.0 Å². The summed E-state index contributed by atoms with van der Waals surface area (Å²) < 4.78 is 0. The molecule has 1 N–H and O–H groups in total. The van der Waals surface area contributed by atoms with Gasteiger partial charge in [-0.05, 0) is 56.2 Å². The van der Waals surface area contributed by atoms with E-state index in [0.29, 0.717) is 17.9 Å². The molecule has 0 saturated carbocycles. The van der Waals surface area contributed by atoms with E-state index in [2.05, 4.69) is 64.2 Å². The molecule has 0 saturated heterocycles. The van der Waals surface area contributed by atoms with E-state index in [0.717, 1.165) is 6.54 Å². The second-order valence-corrected chi connectivity index (χ2v) is 5.78. The molecule has 18 heavy (non-hydrogen) atoms. The largest absolute Gasteiger partial charge is 0.314 e. The molecule has 2 unspecified atom stereocenters. The highest BCUT2D eigenvalue weighted by Gasteiger charge is 2.21. The maximum Gasteiger partial charge on any atom is 0.00726 e. The van der Waals surface area contributed by atoms with Crippen LogP contribution in [0.15, 0.2) is 24.3 Å². The van der Waals surface area contributed by atoms with Crippen LogP contribution in [0.2, 0.25) is 0 Å². The monoisotopic (exact) mass is 247 g/mol. The second kappa shape index (κ2) is 7.58. The zero-order valence-electron chi connectivity index (χ0n) is 12.7. The number of aryl methyl sites for hydroxylation is 1. The first-order valence-corrected chi connectivity index (χ1v) is 7.34. The Kier molecular flexibility index (Phi) is 6.42. The van der Waals surface area contributed by atoms with Crippen LogP contribution in [0.3, 0.4) is 0 Å². The van der Waals surface area contributed by atoms with Crippen LogP contribution in [0.5, 0.6) is 0 Å². The molecule has 0 aliphatic rings. The predicted octanol–water partition coefficient (Wildman–Crippen LogP) is 4.20. The molecule has 102 valence electrons. The number of hydrogen-bond donors (Lipinski definition) is 1. The average Bonchev–Trinajstić information content (AvgIpc) is 2.34. The molecule has 1 heteroatoms. The molecular weight excluding hydrogens is 218 g/mol. The topological polar surface area (TPSA) is 12.0 Å². The maximum absolute atomic E-state index is 3.65. The van der Waals surface area contributed by atoms with Crippen LogP contribution in [0.4, 0.5) is 0 Å². The molecule has 0 spiro atoms. The van der Waals surface area contributed by atoms with E-state index < -0.39 is 0 Å². The fraction of sp³-hybridized carbons (Fsp3) is 0.647. The summed E-state index contributed by atoms with van der Waals surface area (Å²) in [5.41, 5.74) is 2.92. The van der Waals surface area contributed by atoms with Crippen LogP contribution in [0, 0.1) is 18.8 Å². The standard InChI is InChI=1S/C17H29N/c1-6-11-18-15(5)17(13(2)3)12-16-10-8-7-9-14(16)4/h7-10,13,15,17-18H,6,11-12H2,1-5H3. The first-order valence-electron chi connectivity index (χ1n) is 7.34. The Balaban J connectivity index is 2.71. The van der Waals surface area contributed by atoms with Gasteiger partial charge in [0.05, 0.1) is 0 Å². The minimum atomic E-state index is 0.588. The van der Waals surface area contributed by atoms with Gasteiger partial charge in [0.1, 0.15) is 0 Å². The number of rotatable bonds is 7. The fourth-order valence-corrected chi connectivity index (χ4v) is 2.61. The van der Waals surface area contributed by atoms with Gasteiger partial charge in [0.15, 0.2) is 0 Å². The Bertz CT molecular complexity index is 343. The van der Waals surface area contributed by atoms with Crippen LogP contribution < -0.4 is 5.32 Å². The van der Waals surface area contributed by atoms with E-state index in [9.17, 15) is 0 Å². The van der Waals surface area contributed by atoms with Crippen LogP contribution in [-0.4, -0.2) is 12.6 Å². The van der Waals surface area contributed by atoms with E-state index in [4.69, 9.17) is 0 Å². The van der Waals surface area contributed by atoms with Gasteiger partial charge in [0, 0.05) is 6.04 Å². The van der Waals surface area contributed by atoms with Crippen molar-refractivity contribution < 1.29 is 0 Å². The Labute approximate surface area is 113 Å². The van der Waals surface area contributed by atoms with E-state index in [1.165, 1.54) is 24.0 Å². The third kappa shape index (κ3) is 4.45. The average molecular weight is 247 g/mol. The first kappa shape index (κ1) is 15.2. The van der Waals surface area contributed by atoms with E-state index in [1.54, 1.807) is 0 Å². The Morgan fingerprint density at radius 1 is 1.11 bits per heavy atom. The van der Waals surface area contributed by atoms with E-state index >= 15 is 0 Å². The highest BCUT2D eigenvalue weighted by molar-refractivity contribution is 5.26. The summed E-state index contributed by atoms with van der Waals surface area (Å²) in [6, 6.07) is 9.37. The van der Waals surface area contributed by atoms with Crippen LogP contribution in [-0.2, 0) is 6.42 Å². The van der Waals surface area contributed by atoms with Gasteiger partial charge in [0.25, 0.3) is 0 Å². The minimum absolute atomic E-state index is 0.588. The molecule has 1 aromatic carbocycles. The SMILES string of the molecule is CCCNC(C)C(Cc1ccccc1C)C(C)C. The molecule has 0 amide bonds. The third-order valence-corrected chi connectivity index (χ3v) is 3.93. The molecule has 0 bridgehead atoms. The quantitative estimate of drug-likeness (QED) is 0.761. The lowest BCUT2D eigenvalue weighted by atomic mass is 9.83. The van der Waals surface area contributed by atoms with Crippen molar-refractivity contribution in [3.05, 3.63) is 35.4 Å². The number of nitrogens with one attached hydrogen (secondary N) is 1. The molecule has 0 radical (unpaired) electrons. The molecule has 0 aliphatic heterocycles. The van der Waals surface area contributed by atoms with Crippen molar-refractivity contribution in [3.8, 4) is 0 Å². The lowest BCUT2D eigenvalue weighted by Gasteiger charge is -2.29. The van der Waals surface area contributed by atoms with Crippen LogP contribution >= 0.6 is 0 Å². The van der Waals surface area contributed by atoms with Gasteiger partial charge in [-0.15, -0.1) is 0 Å². The van der Waals surface area contributed by atoms with Crippen molar-refractivity contribution in [2.75, 3.05) is 6.54 Å². The van der Waals surface area contributed by atoms with Crippen LogP contribution in [0.1, 0.15) is 45.2 Å². The maximum atomic E-state index is 3.65. The predicted molar refractivity (Wildman–Crippen MR) is 81.0 cm³/mol. The molecule has 1 rings (SSSR count). The van der Waals surface area contributed by atoms with Crippen LogP contribution in [0.25, 0.3) is 0 Å². The van der Waals surface area contributed by atoms with Gasteiger partial charge < -0.3 is 5.32 Å². The van der Waals surface area contributed by atoms with Crippen molar-refractivity contribution >= 4 is 0 Å². The Morgan fingerprint density at radius 3 is 2.33 bits per heavy atom. The van der Waals surface area contributed by atoms with Crippen molar-refractivity contribution in [1.82, 2.24) is 5.32 Å². The number of hydrogen-bond acceptors (Lipinski definition) is 1. The zero-order valence-corrected chi connectivity index (χ0v) is 12.7. The van der Waals surface area contributed by atoms with Gasteiger partial charge in [-0.25, -0.2) is 0 Å². The minimum Gasteiger partial charge on any atom is -0.314 e. The molecular formula is C17H29N. The highest BCUT2D eigenvalue weighted by Crippen LogP contribution is 2.22. The molecule has 2 atom stereocenters. The normalized spacial score (nSPS) is 14.8. The highest BCUT2D eigenvalue weighted by atomic mass is 14.9. The summed E-state index contributed by atoms with van der Waals surface area (Å²) in [5.74, 6) is 1.42. The van der Waals surface area contributed by atoms with Crippen molar-refractivity contribution in [2.24, 2.45) is 11.8 Å². The van der Waals surface area contributed by atoms with E-state index in [-0.39, 0.29) is 0 Å². The lowest BCUT2D eigenvalue weighted by molar-refractivity contribution is 0.289. The molecule has 0 aliphatic carbocycles. The fourth-order valence-electron chi connectivity index (χ4n) is 2.61. The summed E-state index contributed by atoms with van der Waals surface area (Å²) in [6.07, 6.45) is 2.39. The first-order chi connectivity index (χ1) is 8.56. The molecule has 0 heterocycles. The molecule has 0 aromatic heterocycles. The van der Waals surface area contributed by atoms with Gasteiger partial charge in [-0.3, -0.25) is 0 Å². The van der Waals surface area contributed by atoms with E-state index in [1.807, 2.05) is 0 Å². The zero-order chi connectivity index (χ0) is 13.5. The van der Waals surface area contributed by atoms with Crippen molar-refractivity contribution in [1.29, 1.82) is 0 Å². The van der Waals surface area contributed by atoms with Crippen molar-refractivity contribution in [2.45, 2.75) is 53.5 Å². The molecule has 0 fully saturated rings. The smallest absolute Gasteiger partial charge is 0.00726 e. The Hall–Kier alpha value is -0.820. The van der Waals surface area contributed by atoms with Gasteiger partial charge in [-0.2, -0.15) is 0 Å². The van der Waals surface area contributed by atoms with Crippen molar-refractivity contribution in [3.63, 3.8) is 0 Å². The summed E-state index contributed by atoms with van der Waals surface area (Å²) >= 11 is 0. The number of benzene rings is 1. The lowest BCUT2D eigenvalue weighted by Crippen LogP contribution is -2.37. The molecule has 1 aromatic rings. The Morgan fingerprint density at radius 2 is 1.78 bits per heavy atom. The second-order valence-electron chi connectivity index (χ2n) is 5.78. The summed E-state index contributed by atoms with van der Waals surface area (Å²) in [4.78, 5) is 0. The third-order valence-electron chi connectivity index (χ3n) is 3.93. The van der Waals surface area contributed by atoms with Gasteiger partial charge >= 0.3 is 0 Å². The van der Waals surface area contributed by atoms with Gasteiger partial charge in [0.2, 0.25) is 0 Å². The molecule has 1 nitrogen and oxygen atoms in total. The summed E-state index contributed by atoms with van der Waals surface area (Å²) in [6.45, 7) is 12.6. The summed E-state index contributed by atoms with van der Waals surface area (Å²) in [7, 11) is 0.